The van der Waals surface area contributed by atoms with Crippen LogP contribution in [0, 0.1) is 11.7 Å². The lowest BCUT2D eigenvalue weighted by Crippen LogP contribution is -2.49. The second-order valence-corrected chi connectivity index (χ2v) is 8.86. The maximum atomic E-state index is 15.3. The van der Waals surface area contributed by atoms with Crippen LogP contribution >= 0.6 is 0 Å². The molecule has 1 aliphatic rings. The van der Waals surface area contributed by atoms with Gasteiger partial charge >= 0.3 is 6.09 Å². The molecule has 1 aliphatic heterocycles. The molecule has 0 aliphatic carbocycles. The van der Waals surface area contributed by atoms with Crippen LogP contribution in [0.1, 0.15) is 43.7 Å². The van der Waals surface area contributed by atoms with E-state index in [1.807, 2.05) is 31.2 Å². The van der Waals surface area contributed by atoms with Gasteiger partial charge in [0.25, 0.3) is 0 Å². The second-order valence-electron chi connectivity index (χ2n) is 8.86. The number of carbonyl (C=O) groups is 2. The van der Waals surface area contributed by atoms with Crippen LogP contribution in [0.4, 0.5) is 9.18 Å². The summed E-state index contributed by atoms with van der Waals surface area (Å²) in [6.07, 6.45) is 1.58. The first kappa shape index (κ1) is 25.6. The third-order valence-electron chi connectivity index (χ3n) is 6.74. The number of piperidine rings is 1. The number of benzene rings is 2. The van der Waals surface area contributed by atoms with E-state index in [4.69, 9.17) is 10.8 Å². The quantitative estimate of drug-likeness (QED) is 0.418. The SMILES string of the molecule is CCc1cccc(-c2c(F)cccc2[C@](O)(CCCNC(=O)O)[C@@H]2CCCN(C(=O)CN)C2)c1. The molecule has 0 unspecified atom stereocenters. The first-order valence-corrected chi connectivity index (χ1v) is 11.9. The number of aryl methyl sites for hydroxylation is 1. The number of nitrogens with two attached hydrogens (primary N) is 1. The fourth-order valence-corrected chi connectivity index (χ4v) is 4.96. The first-order chi connectivity index (χ1) is 16.3. The number of aliphatic hydroxyl groups is 1. The van der Waals surface area contributed by atoms with Crippen molar-refractivity contribution >= 4 is 12.0 Å². The molecular formula is C26H34FN3O4. The van der Waals surface area contributed by atoms with Crippen LogP contribution in [0.15, 0.2) is 42.5 Å². The number of nitrogens with zero attached hydrogens (tertiary/aromatic N) is 1. The smallest absolute Gasteiger partial charge is 0.404 e. The summed E-state index contributed by atoms with van der Waals surface area (Å²) in [5.41, 5.74) is 6.65. The predicted molar refractivity (Wildman–Crippen MR) is 129 cm³/mol. The highest BCUT2D eigenvalue weighted by molar-refractivity contribution is 5.78. The minimum absolute atomic E-state index is 0.108. The van der Waals surface area contributed by atoms with Crippen molar-refractivity contribution in [3.63, 3.8) is 0 Å². The van der Waals surface area contributed by atoms with Gasteiger partial charge in [-0.05, 0) is 54.9 Å². The number of nitrogens with one attached hydrogen (secondary N) is 1. The topological polar surface area (TPSA) is 116 Å². The lowest BCUT2D eigenvalue weighted by molar-refractivity contribution is -0.135. The molecule has 2 aromatic rings. The summed E-state index contributed by atoms with van der Waals surface area (Å²) in [6.45, 7) is 2.95. The number of likely N-dealkylation sites (tertiary alicyclic amines) is 1. The molecule has 2 aromatic carbocycles. The van der Waals surface area contributed by atoms with Crippen LogP contribution in [-0.2, 0) is 16.8 Å². The molecule has 0 bridgehead atoms. The van der Waals surface area contributed by atoms with Gasteiger partial charge in [-0.15, -0.1) is 0 Å². The standard InChI is InChI=1S/C26H34FN3O4/c1-2-18-7-3-8-19(15-18)24-21(10-4-11-22(24)27)26(34,12-6-13-29-25(32)33)20-9-5-14-30(17-20)23(31)16-28/h3-4,7-8,10-11,15,20,29,34H,2,5-6,9,12-14,16-17,28H2,1H3,(H,32,33)/t20-,26+/m1/s1. The molecule has 184 valence electrons. The van der Waals surface area contributed by atoms with E-state index < -0.39 is 17.5 Å². The van der Waals surface area contributed by atoms with Crippen molar-refractivity contribution in [2.24, 2.45) is 11.7 Å². The van der Waals surface area contributed by atoms with Crippen molar-refractivity contribution in [1.29, 1.82) is 0 Å². The lowest BCUT2D eigenvalue weighted by atomic mass is 9.72. The van der Waals surface area contributed by atoms with Crippen molar-refractivity contribution in [2.45, 2.75) is 44.6 Å². The fraction of sp³-hybridized carbons (Fsp3) is 0.462. The van der Waals surface area contributed by atoms with Gasteiger partial charge in [-0.3, -0.25) is 4.79 Å². The molecule has 8 heteroatoms. The molecule has 0 saturated carbocycles. The number of amides is 2. The van der Waals surface area contributed by atoms with Crippen LogP contribution < -0.4 is 11.1 Å². The van der Waals surface area contributed by atoms with Crippen LogP contribution in [0.25, 0.3) is 11.1 Å². The Morgan fingerprint density at radius 2 is 2.03 bits per heavy atom. The summed E-state index contributed by atoms with van der Waals surface area (Å²) >= 11 is 0. The maximum absolute atomic E-state index is 15.3. The van der Waals surface area contributed by atoms with Gasteiger partial charge in [0.05, 0.1) is 12.1 Å². The average molecular weight is 472 g/mol. The van der Waals surface area contributed by atoms with Crippen molar-refractivity contribution in [1.82, 2.24) is 10.2 Å². The molecule has 0 spiro atoms. The van der Waals surface area contributed by atoms with Crippen molar-refractivity contribution in [3.8, 4) is 11.1 Å². The molecule has 2 amide bonds. The zero-order valence-electron chi connectivity index (χ0n) is 19.6. The molecule has 2 atom stereocenters. The van der Waals surface area contributed by atoms with Gasteiger partial charge in [0.1, 0.15) is 5.82 Å². The third-order valence-corrected chi connectivity index (χ3v) is 6.74. The van der Waals surface area contributed by atoms with E-state index in [2.05, 4.69) is 5.32 Å². The summed E-state index contributed by atoms with van der Waals surface area (Å²) in [4.78, 5) is 24.9. The normalized spacial score (nSPS) is 17.8. The lowest BCUT2D eigenvalue weighted by Gasteiger charge is -2.43. The van der Waals surface area contributed by atoms with Crippen LogP contribution in [-0.4, -0.2) is 53.3 Å². The van der Waals surface area contributed by atoms with E-state index >= 15 is 4.39 Å². The van der Waals surface area contributed by atoms with Crippen LogP contribution in [0.5, 0.6) is 0 Å². The minimum atomic E-state index is -1.46. The molecule has 1 heterocycles. The summed E-state index contributed by atoms with van der Waals surface area (Å²) in [6, 6.07) is 12.3. The Morgan fingerprint density at radius 3 is 2.74 bits per heavy atom. The Kier molecular flexibility index (Phi) is 8.63. The summed E-state index contributed by atoms with van der Waals surface area (Å²) in [5.74, 6) is -0.968. The Bertz CT molecular complexity index is 1020. The highest BCUT2D eigenvalue weighted by Gasteiger charge is 2.42. The molecule has 5 N–H and O–H groups in total. The van der Waals surface area contributed by atoms with Gasteiger partial charge in [0.2, 0.25) is 5.91 Å². The summed E-state index contributed by atoms with van der Waals surface area (Å²) < 4.78 is 15.3. The summed E-state index contributed by atoms with van der Waals surface area (Å²) in [5, 5.41) is 23.5. The largest absolute Gasteiger partial charge is 0.465 e. The third kappa shape index (κ3) is 5.74. The van der Waals surface area contributed by atoms with Gasteiger partial charge in [-0.2, -0.15) is 0 Å². The molecule has 0 radical (unpaired) electrons. The van der Waals surface area contributed by atoms with Gasteiger partial charge in [-0.1, -0.05) is 43.3 Å². The van der Waals surface area contributed by atoms with E-state index in [9.17, 15) is 14.7 Å². The highest BCUT2D eigenvalue weighted by Crippen LogP contribution is 2.44. The van der Waals surface area contributed by atoms with Gasteiger partial charge in [0, 0.05) is 31.1 Å². The van der Waals surface area contributed by atoms with Crippen molar-refractivity contribution < 1.29 is 24.2 Å². The Balaban J connectivity index is 2.06. The molecular weight excluding hydrogens is 437 g/mol. The van der Waals surface area contributed by atoms with Crippen LogP contribution in [0.2, 0.25) is 0 Å². The van der Waals surface area contributed by atoms with Crippen molar-refractivity contribution in [3.05, 3.63) is 59.4 Å². The van der Waals surface area contributed by atoms with E-state index in [-0.39, 0.29) is 31.3 Å². The molecule has 7 nitrogen and oxygen atoms in total. The minimum Gasteiger partial charge on any atom is -0.465 e. The van der Waals surface area contributed by atoms with E-state index in [0.717, 1.165) is 12.0 Å². The van der Waals surface area contributed by atoms with Crippen LogP contribution in [0.3, 0.4) is 0 Å². The van der Waals surface area contributed by atoms with Gasteiger partial charge in [-0.25, -0.2) is 9.18 Å². The average Bonchev–Trinajstić information content (AvgIpc) is 2.85. The number of halogens is 1. The molecule has 3 rings (SSSR count). The molecule has 1 saturated heterocycles. The number of carboxylic acid groups (broad SMARTS) is 1. The Labute approximate surface area is 199 Å². The summed E-state index contributed by atoms with van der Waals surface area (Å²) in [7, 11) is 0. The number of rotatable bonds is 9. The number of hydrogen-bond acceptors (Lipinski definition) is 4. The fourth-order valence-electron chi connectivity index (χ4n) is 4.96. The molecule has 1 fully saturated rings. The van der Waals surface area contributed by atoms with E-state index in [1.165, 1.54) is 6.07 Å². The number of hydrogen-bond donors (Lipinski definition) is 4. The van der Waals surface area contributed by atoms with E-state index in [1.54, 1.807) is 17.0 Å². The Hall–Kier alpha value is -2.97. The molecule has 34 heavy (non-hydrogen) atoms. The molecule has 0 aromatic heterocycles. The van der Waals surface area contributed by atoms with E-state index in [0.29, 0.717) is 49.0 Å². The van der Waals surface area contributed by atoms with Crippen molar-refractivity contribution in [2.75, 3.05) is 26.2 Å². The first-order valence-electron chi connectivity index (χ1n) is 11.9. The van der Waals surface area contributed by atoms with Gasteiger partial charge < -0.3 is 26.2 Å². The zero-order valence-corrected chi connectivity index (χ0v) is 19.6. The monoisotopic (exact) mass is 471 g/mol. The second kappa shape index (κ2) is 11.4. The Morgan fingerprint density at radius 1 is 1.26 bits per heavy atom. The zero-order chi connectivity index (χ0) is 24.7. The van der Waals surface area contributed by atoms with Gasteiger partial charge in [0.15, 0.2) is 0 Å². The maximum Gasteiger partial charge on any atom is 0.404 e. The number of carbonyl (C=O) groups excluding carboxylic acids is 1. The highest BCUT2D eigenvalue weighted by atomic mass is 19.1. The predicted octanol–water partition coefficient (Wildman–Crippen LogP) is 3.49.